The molecule has 2 aromatic rings. The summed E-state index contributed by atoms with van der Waals surface area (Å²) in [6, 6.07) is 15.1. The minimum atomic E-state index is -0.871. The minimum Gasteiger partial charge on any atom is -0.481 e. The van der Waals surface area contributed by atoms with Gasteiger partial charge in [-0.25, -0.2) is 4.79 Å². The molecule has 2 unspecified atom stereocenters. The molecule has 0 saturated heterocycles. The van der Waals surface area contributed by atoms with E-state index in [1.165, 1.54) is 0 Å². The first-order valence-electron chi connectivity index (χ1n) is 12.1. The maximum atomic E-state index is 13.0. The summed E-state index contributed by atoms with van der Waals surface area (Å²) in [5, 5.41) is 14.9. The molecule has 0 bridgehead atoms. The van der Waals surface area contributed by atoms with Gasteiger partial charge < -0.3 is 20.5 Å². The van der Waals surface area contributed by atoms with E-state index in [9.17, 15) is 19.5 Å². The lowest BCUT2D eigenvalue weighted by Gasteiger charge is -2.26. The minimum absolute atomic E-state index is 0.0640. The van der Waals surface area contributed by atoms with E-state index < -0.39 is 24.0 Å². The van der Waals surface area contributed by atoms with Crippen LogP contribution in [0.15, 0.2) is 60.7 Å². The van der Waals surface area contributed by atoms with Gasteiger partial charge in [0.05, 0.1) is 5.92 Å². The Labute approximate surface area is 205 Å². The highest BCUT2D eigenvalue weighted by atomic mass is 16.5. The molecule has 0 aliphatic heterocycles. The third-order valence-corrected chi connectivity index (χ3v) is 6.66. The van der Waals surface area contributed by atoms with Crippen LogP contribution < -0.4 is 10.6 Å². The Morgan fingerprint density at radius 1 is 1.03 bits per heavy atom. The Balaban J connectivity index is 1.38. The monoisotopic (exact) mass is 476 g/mol. The number of fused-ring (bicyclic) bond motifs is 3. The molecular weight excluding hydrogens is 444 g/mol. The van der Waals surface area contributed by atoms with Gasteiger partial charge in [0.1, 0.15) is 12.6 Å². The van der Waals surface area contributed by atoms with Crippen LogP contribution in [0.3, 0.4) is 0 Å². The van der Waals surface area contributed by atoms with Crippen molar-refractivity contribution in [2.24, 2.45) is 11.8 Å². The number of carbonyl (C=O) groups is 3. The van der Waals surface area contributed by atoms with Crippen LogP contribution in [0.1, 0.15) is 50.2 Å². The topological polar surface area (TPSA) is 105 Å². The summed E-state index contributed by atoms with van der Waals surface area (Å²) in [6.45, 7) is 4.11. The van der Waals surface area contributed by atoms with Crippen LogP contribution in [0.2, 0.25) is 0 Å². The third kappa shape index (κ3) is 5.73. The van der Waals surface area contributed by atoms with Crippen molar-refractivity contribution in [3.63, 3.8) is 0 Å². The zero-order chi connectivity index (χ0) is 24.9. The highest BCUT2D eigenvalue weighted by Crippen LogP contribution is 2.44. The van der Waals surface area contributed by atoms with Gasteiger partial charge in [-0.1, -0.05) is 74.5 Å². The van der Waals surface area contributed by atoms with Gasteiger partial charge in [0.15, 0.2) is 0 Å². The number of amides is 2. The molecule has 7 nitrogen and oxygen atoms in total. The van der Waals surface area contributed by atoms with E-state index in [4.69, 9.17) is 4.74 Å². The van der Waals surface area contributed by atoms with E-state index in [1.807, 2.05) is 44.2 Å². The van der Waals surface area contributed by atoms with Crippen molar-refractivity contribution >= 4 is 18.0 Å². The van der Waals surface area contributed by atoms with E-state index in [1.54, 1.807) is 6.08 Å². The Kier molecular flexibility index (Phi) is 7.54. The lowest BCUT2D eigenvalue weighted by atomic mass is 9.91. The van der Waals surface area contributed by atoms with Gasteiger partial charge >= 0.3 is 12.1 Å². The van der Waals surface area contributed by atoms with Gasteiger partial charge in [0, 0.05) is 12.0 Å². The lowest BCUT2D eigenvalue weighted by Crippen LogP contribution is -2.50. The maximum Gasteiger partial charge on any atom is 0.407 e. The zero-order valence-corrected chi connectivity index (χ0v) is 20.1. The molecule has 0 radical (unpaired) electrons. The first-order valence-corrected chi connectivity index (χ1v) is 12.1. The smallest absolute Gasteiger partial charge is 0.407 e. The molecule has 2 aliphatic rings. The summed E-state index contributed by atoms with van der Waals surface area (Å²) in [7, 11) is 0. The number of carbonyl (C=O) groups excluding carboxylic acids is 2. The number of benzene rings is 2. The Bertz CT molecular complexity index is 1080. The molecule has 35 heavy (non-hydrogen) atoms. The van der Waals surface area contributed by atoms with Crippen molar-refractivity contribution in [1.29, 1.82) is 0 Å². The van der Waals surface area contributed by atoms with Crippen LogP contribution in [0, 0.1) is 11.8 Å². The molecule has 0 saturated carbocycles. The molecular formula is C28H32N2O5. The first kappa shape index (κ1) is 24.5. The van der Waals surface area contributed by atoms with E-state index >= 15 is 0 Å². The van der Waals surface area contributed by atoms with E-state index in [-0.39, 0.29) is 30.4 Å². The fourth-order valence-corrected chi connectivity index (χ4v) is 4.97. The van der Waals surface area contributed by atoms with Crippen molar-refractivity contribution < 1.29 is 24.2 Å². The van der Waals surface area contributed by atoms with Crippen molar-refractivity contribution in [2.45, 2.75) is 51.1 Å². The normalized spacial score (nSPS) is 19.5. The van der Waals surface area contributed by atoms with Crippen LogP contribution in [-0.4, -0.2) is 41.8 Å². The van der Waals surface area contributed by atoms with Crippen molar-refractivity contribution in [3.05, 3.63) is 71.8 Å². The fourth-order valence-electron chi connectivity index (χ4n) is 4.97. The maximum absolute atomic E-state index is 13.0. The van der Waals surface area contributed by atoms with Gasteiger partial charge in [0.25, 0.3) is 0 Å². The van der Waals surface area contributed by atoms with Crippen LogP contribution in [0.25, 0.3) is 11.1 Å². The SMILES string of the molecule is CC(C)C[C@H](NC(=O)OCC1c2ccccc2-c2ccccc21)C(=O)NC1C=CCC(C(=O)O)C1. The number of hydrogen-bond donors (Lipinski definition) is 3. The summed E-state index contributed by atoms with van der Waals surface area (Å²) in [6.07, 6.45) is 4.18. The number of nitrogens with one attached hydrogen (secondary N) is 2. The number of carboxylic acid groups (broad SMARTS) is 1. The molecule has 0 heterocycles. The highest BCUT2D eigenvalue weighted by molar-refractivity contribution is 5.86. The van der Waals surface area contributed by atoms with Crippen LogP contribution >= 0.6 is 0 Å². The predicted octanol–water partition coefficient (Wildman–Crippen LogP) is 4.48. The third-order valence-electron chi connectivity index (χ3n) is 6.66. The van der Waals surface area contributed by atoms with E-state index in [2.05, 4.69) is 34.9 Å². The summed E-state index contributed by atoms with van der Waals surface area (Å²) in [5.41, 5.74) is 4.54. The van der Waals surface area contributed by atoms with Crippen LogP contribution in [0.5, 0.6) is 0 Å². The number of ether oxygens (including phenoxy) is 1. The molecule has 184 valence electrons. The number of rotatable bonds is 8. The second-order valence-electron chi connectivity index (χ2n) is 9.70. The molecule has 0 fully saturated rings. The number of allylic oxidation sites excluding steroid dienone is 1. The molecule has 3 atom stereocenters. The van der Waals surface area contributed by atoms with Gasteiger partial charge in [-0.2, -0.15) is 0 Å². The molecule has 4 rings (SSSR count). The summed E-state index contributed by atoms with van der Waals surface area (Å²) >= 11 is 0. The van der Waals surface area contributed by atoms with E-state index in [0.29, 0.717) is 19.3 Å². The quantitative estimate of drug-likeness (QED) is 0.488. The van der Waals surface area contributed by atoms with Crippen molar-refractivity contribution in [3.8, 4) is 11.1 Å². The molecule has 7 heteroatoms. The number of carboxylic acids is 1. The van der Waals surface area contributed by atoms with E-state index in [0.717, 1.165) is 22.3 Å². The average molecular weight is 477 g/mol. The molecule has 2 aliphatic carbocycles. The second kappa shape index (κ2) is 10.8. The number of alkyl carbamates (subject to hydrolysis) is 1. The van der Waals surface area contributed by atoms with Gasteiger partial charge in [-0.15, -0.1) is 0 Å². The van der Waals surface area contributed by atoms with Gasteiger partial charge in [-0.05, 0) is 47.4 Å². The standard InChI is InChI=1S/C28H32N2O5/c1-17(2)14-25(26(31)29-19-9-7-8-18(15-19)27(32)33)30-28(34)35-16-24-22-12-5-3-10-20(22)21-11-4-6-13-23(21)24/h3-7,9-13,17-19,24-25H,8,14-16H2,1-2H3,(H,29,31)(H,30,34)(H,32,33)/t18?,19?,25-/m0/s1. The first-order chi connectivity index (χ1) is 16.8. The molecule has 2 aromatic carbocycles. The molecule has 3 N–H and O–H groups in total. The fraction of sp³-hybridized carbons (Fsp3) is 0.393. The average Bonchev–Trinajstić information content (AvgIpc) is 3.16. The molecule has 0 aromatic heterocycles. The van der Waals surface area contributed by atoms with Gasteiger partial charge in [0.2, 0.25) is 5.91 Å². The Morgan fingerprint density at radius 3 is 2.26 bits per heavy atom. The molecule has 0 spiro atoms. The Hall–Kier alpha value is -3.61. The van der Waals surface area contributed by atoms with Crippen molar-refractivity contribution in [1.82, 2.24) is 10.6 Å². The summed E-state index contributed by atoms with van der Waals surface area (Å²) < 4.78 is 5.62. The van der Waals surface area contributed by atoms with Crippen LogP contribution in [-0.2, 0) is 14.3 Å². The van der Waals surface area contributed by atoms with Crippen LogP contribution in [0.4, 0.5) is 4.79 Å². The van der Waals surface area contributed by atoms with Gasteiger partial charge in [-0.3, -0.25) is 9.59 Å². The predicted molar refractivity (Wildman–Crippen MR) is 133 cm³/mol. The molecule has 2 amide bonds. The highest BCUT2D eigenvalue weighted by Gasteiger charge is 2.31. The summed E-state index contributed by atoms with van der Waals surface area (Å²) in [5.74, 6) is -1.64. The van der Waals surface area contributed by atoms with Crippen molar-refractivity contribution in [2.75, 3.05) is 6.61 Å². The Morgan fingerprint density at radius 2 is 1.66 bits per heavy atom. The number of hydrogen-bond acceptors (Lipinski definition) is 4. The number of aliphatic carboxylic acids is 1. The largest absolute Gasteiger partial charge is 0.481 e. The lowest BCUT2D eigenvalue weighted by molar-refractivity contribution is -0.142. The second-order valence-corrected chi connectivity index (χ2v) is 9.70. The summed E-state index contributed by atoms with van der Waals surface area (Å²) in [4.78, 5) is 37.1. The zero-order valence-electron chi connectivity index (χ0n) is 20.1.